The van der Waals surface area contributed by atoms with Crippen molar-refractivity contribution >= 4 is 17.9 Å². The van der Waals surface area contributed by atoms with Crippen LogP contribution in [-0.2, 0) is 14.4 Å². The van der Waals surface area contributed by atoms with Gasteiger partial charge in [0.2, 0.25) is 0 Å². The van der Waals surface area contributed by atoms with Gasteiger partial charge in [0.1, 0.15) is 12.1 Å². The van der Waals surface area contributed by atoms with Crippen molar-refractivity contribution in [1.82, 2.24) is 4.90 Å². The molecular weight excluding hydrogens is 266 g/mol. The molecule has 3 aliphatic rings. The summed E-state index contributed by atoms with van der Waals surface area (Å²) in [5, 5.41) is 0. The second-order valence-electron chi connectivity index (χ2n) is 6.67. The molecule has 21 heavy (non-hydrogen) atoms. The third-order valence-electron chi connectivity index (χ3n) is 4.89. The number of aldehydes is 1. The number of Topliss-reactive ketones (excluding diaryl/α,β-unsaturated/α-hetero) is 2. The van der Waals surface area contributed by atoms with E-state index in [1.807, 2.05) is 0 Å². The van der Waals surface area contributed by atoms with Crippen LogP contribution in [0.4, 0.5) is 0 Å². The molecule has 0 amide bonds. The van der Waals surface area contributed by atoms with Gasteiger partial charge in [-0.3, -0.25) is 9.59 Å². The molecule has 0 radical (unpaired) electrons. The maximum absolute atomic E-state index is 11.6. The van der Waals surface area contributed by atoms with E-state index in [4.69, 9.17) is 0 Å². The molecule has 2 aliphatic carbocycles. The Labute approximate surface area is 126 Å². The van der Waals surface area contributed by atoms with Gasteiger partial charge in [0.15, 0.2) is 5.78 Å². The normalized spacial score (nSPS) is 33.2. The van der Waals surface area contributed by atoms with Crippen molar-refractivity contribution in [2.45, 2.75) is 44.9 Å². The molecule has 3 fully saturated rings. The number of carbonyl (C=O) groups is 3. The van der Waals surface area contributed by atoms with Crippen molar-refractivity contribution < 1.29 is 14.4 Å². The highest BCUT2D eigenvalue weighted by Crippen LogP contribution is 2.48. The van der Waals surface area contributed by atoms with E-state index in [9.17, 15) is 14.4 Å². The molecule has 2 bridgehead atoms. The number of carbonyl (C=O) groups excluding carboxylic acids is 3. The van der Waals surface area contributed by atoms with E-state index in [-0.39, 0.29) is 23.9 Å². The third-order valence-corrected chi connectivity index (χ3v) is 4.89. The quantitative estimate of drug-likeness (QED) is 0.422. The van der Waals surface area contributed by atoms with Crippen molar-refractivity contribution in [3.05, 3.63) is 12.2 Å². The molecule has 1 saturated heterocycles. The fourth-order valence-electron chi connectivity index (χ4n) is 3.58. The van der Waals surface area contributed by atoms with Gasteiger partial charge in [-0.2, -0.15) is 0 Å². The van der Waals surface area contributed by atoms with Crippen LogP contribution in [0.25, 0.3) is 0 Å². The first-order valence-electron chi connectivity index (χ1n) is 7.89. The Balaban J connectivity index is 0.000000173. The molecule has 0 aromatic carbocycles. The molecule has 1 aliphatic heterocycles. The van der Waals surface area contributed by atoms with Crippen LogP contribution in [0.15, 0.2) is 12.2 Å². The monoisotopic (exact) mass is 291 g/mol. The molecule has 2 saturated carbocycles. The van der Waals surface area contributed by atoms with E-state index in [0.717, 1.165) is 0 Å². The summed E-state index contributed by atoms with van der Waals surface area (Å²) in [4.78, 5) is 36.1. The minimum atomic E-state index is -1.03. The van der Waals surface area contributed by atoms with Crippen LogP contribution >= 0.6 is 0 Å². The Morgan fingerprint density at radius 3 is 2.38 bits per heavy atom. The lowest BCUT2D eigenvalue weighted by Gasteiger charge is -2.23. The number of rotatable bonds is 1. The average molecular weight is 291 g/mol. The van der Waals surface area contributed by atoms with Gasteiger partial charge in [-0.15, -0.1) is 0 Å². The number of nitrogens with zero attached hydrogens (tertiary/aromatic N) is 1. The topological polar surface area (TPSA) is 54.5 Å². The van der Waals surface area contributed by atoms with E-state index in [2.05, 4.69) is 18.5 Å². The van der Waals surface area contributed by atoms with Crippen LogP contribution in [0.2, 0.25) is 0 Å². The first-order valence-corrected chi connectivity index (χ1v) is 7.89. The van der Waals surface area contributed by atoms with E-state index in [0.29, 0.717) is 24.7 Å². The average Bonchev–Trinajstić information content (AvgIpc) is 2.67. The zero-order valence-corrected chi connectivity index (χ0v) is 12.9. The molecular formula is C17H25NO3. The van der Waals surface area contributed by atoms with E-state index in [1.165, 1.54) is 38.8 Å². The van der Waals surface area contributed by atoms with Crippen LogP contribution in [-0.4, -0.2) is 42.9 Å². The highest BCUT2D eigenvalue weighted by molar-refractivity contribution is 6.14. The molecule has 0 aromatic rings. The van der Waals surface area contributed by atoms with E-state index >= 15 is 0 Å². The first-order chi connectivity index (χ1) is 9.98. The summed E-state index contributed by atoms with van der Waals surface area (Å²) in [7, 11) is 2.21. The predicted octanol–water partition coefficient (Wildman–Crippen LogP) is 2.17. The van der Waals surface area contributed by atoms with Gasteiger partial charge in [0.25, 0.3) is 0 Å². The highest BCUT2D eigenvalue weighted by Gasteiger charge is 2.53. The van der Waals surface area contributed by atoms with Crippen molar-refractivity contribution in [3.63, 3.8) is 0 Å². The number of hydrogen-bond acceptors (Lipinski definition) is 4. The van der Waals surface area contributed by atoms with Crippen LogP contribution in [0.5, 0.6) is 0 Å². The zero-order valence-electron chi connectivity index (χ0n) is 12.9. The van der Waals surface area contributed by atoms with Gasteiger partial charge in [-0.05, 0) is 50.9 Å². The van der Waals surface area contributed by atoms with Crippen LogP contribution < -0.4 is 0 Å². The van der Waals surface area contributed by atoms with Crippen LogP contribution in [0.3, 0.4) is 0 Å². The second-order valence-corrected chi connectivity index (χ2v) is 6.67. The first kappa shape index (κ1) is 16.1. The Kier molecular flexibility index (Phi) is 5.09. The van der Waals surface area contributed by atoms with Crippen molar-refractivity contribution in [3.8, 4) is 0 Å². The number of allylic oxidation sites excluding steroid dienone is 1. The molecule has 116 valence electrons. The maximum atomic E-state index is 11.6. The molecule has 2 unspecified atom stereocenters. The minimum Gasteiger partial charge on any atom is -0.306 e. The fourth-order valence-corrected chi connectivity index (χ4v) is 3.58. The van der Waals surface area contributed by atoms with Gasteiger partial charge in [0.05, 0.1) is 5.41 Å². The summed E-state index contributed by atoms with van der Waals surface area (Å²) in [6, 6.07) is 0. The SMILES string of the molecule is C=C1C(=O)C2(C=O)CC(=O)CC1C2.CN1CCCCCC1. The smallest absolute Gasteiger partial charge is 0.172 e. The lowest BCUT2D eigenvalue weighted by atomic mass is 9.76. The molecule has 2 atom stereocenters. The van der Waals surface area contributed by atoms with Gasteiger partial charge in [-0.25, -0.2) is 0 Å². The Morgan fingerprint density at radius 2 is 1.81 bits per heavy atom. The molecule has 4 nitrogen and oxygen atoms in total. The largest absolute Gasteiger partial charge is 0.306 e. The summed E-state index contributed by atoms with van der Waals surface area (Å²) in [5.74, 6) is -0.271. The van der Waals surface area contributed by atoms with E-state index in [1.54, 1.807) is 0 Å². The maximum Gasteiger partial charge on any atom is 0.172 e. The summed E-state index contributed by atoms with van der Waals surface area (Å²) < 4.78 is 0. The number of fused-ring (bicyclic) bond motifs is 2. The lowest BCUT2D eigenvalue weighted by molar-refractivity contribution is -0.137. The van der Waals surface area contributed by atoms with Crippen molar-refractivity contribution in [1.29, 1.82) is 0 Å². The zero-order chi connectivity index (χ0) is 15.5. The number of ketones is 2. The minimum absolute atomic E-state index is 0.00958. The predicted molar refractivity (Wildman–Crippen MR) is 81.0 cm³/mol. The third kappa shape index (κ3) is 3.49. The summed E-state index contributed by atoms with van der Waals surface area (Å²) in [5.41, 5.74) is -0.560. The van der Waals surface area contributed by atoms with E-state index < -0.39 is 5.41 Å². The lowest BCUT2D eigenvalue weighted by Crippen LogP contribution is -2.33. The van der Waals surface area contributed by atoms with Gasteiger partial charge < -0.3 is 9.69 Å². The Bertz CT molecular complexity index is 449. The highest BCUT2D eigenvalue weighted by atomic mass is 16.2. The van der Waals surface area contributed by atoms with Gasteiger partial charge >= 0.3 is 0 Å². The molecule has 1 heterocycles. The Hall–Kier alpha value is -1.29. The number of hydrogen-bond donors (Lipinski definition) is 0. The van der Waals surface area contributed by atoms with Crippen LogP contribution in [0, 0.1) is 11.3 Å². The molecule has 4 heteroatoms. The molecule has 0 spiro atoms. The molecule has 3 rings (SSSR count). The summed E-state index contributed by atoms with van der Waals surface area (Å²) >= 11 is 0. The fraction of sp³-hybridized carbons (Fsp3) is 0.706. The van der Waals surface area contributed by atoms with Gasteiger partial charge in [-0.1, -0.05) is 19.4 Å². The number of likely N-dealkylation sites (tertiary alicyclic amines) is 1. The van der Waals surface area contributed by atoms with Crippen molar-refractivity contribution in [2.24, 2.45) is 11.3 Å². The van der Waals surface area contributed by atoms with Crippen molar-refractivity contribution in [2.75, 3.05) is 20.1 Å². The Morgan fingerprint density at radius 1 is 1.19 bits per heavy atom. The second kappa shape index (κ2) is 6.65. The van der Waals surface area contributed by atoms with Gasteiger partial charge in [0, 0.05) is 12.8 Å². The molecule has 0 aromatic heterocycles. The molecule has 0 N–H and O–H groups in total. The van der Waals surface area contributed by atoms with Crippen LogP contribution in [0.1, 0.15) is 44.9 Å². The standard InChI is InChI=1S/C10H10O3.C7H15N/c1-6-7-2-8(12)4-10(3-7,5-11)9(6)13;1-8-6-4-2-3-5-7-8/h5,7H,1-4H2;2-7H2,1H3. The summed E-state index contributed by atoms with van der Waals surface area (Å²) in [6.07, 6.45) is 7.34. The summed E-state index contributed by atoms with van der Waals surface area (Å²) in [6.45, 7) is 6.28.